The molecule has 2 N–H and O–H groups in total. The van der Waals surface area contributed by atoms with Gasteiger partial charge in [0, 0.05) is 5.56 Å². The van der Waals surface area contributed by atoms with Crippen LogP contribution in [0.25, 0.3) is 16.9 Å². The molecule has 8 heteroatoms. The Kier molecular flexibility index (Phi) is 2.96. The molecule has 0 spiro atoms. The van der Waals surface area contributed by atoms with Crippen molar-refractivity contribution in [2.24, 2.45) is 0 Å². The van der Waals surface area contributed by atoms with Crippen LogP contribution in [0.1, 0.15) is 10.5 Å². The minimum atomic E-state index is -1.06. The largest absolute Gasteiger partial charge is 0.477 e. The van der Waals surface area contributed by atoms with Gasteiger partial charge in [0.25, 0.3) is 0 Å². The summed E-state index contributed by atoms with van der Waals surface area (Å²) < 4.78 is 1.54. The number of aromatic nitrogens is 5. The normalized spacial score (nSPS) is 10.7. The van der Waals surface area contributed by atoms with E-state index in [1.165, 1.54) is 18.7 Å². The molecule has 0 aliphatic carbocycles. The van der Waals surface area contributed by atoms with E-state index < -0.39 is 5.97 Å². The predicted octanol–water partition coefficient (Wildman–Crippen LogP) is 2.01. The number of H-pyrrole nitrogens is 1. The van der Waals surface area contributed by atoms with E-state index in [4.69, 9.17) is 16.7 Å². The molecule has 0 fully saturated rings. The van der Waals surface area contributed by atoms with Gasteiger partial charge in [-0.1, -0.05) is 17.7 Å². The van der Waals surface area contributed by atoms with Crippen LogP contribution in [0.2, 0.25) is 5.02 Å². The van der Waals surface area contributed by atoms with E-state index in [1.807, 2.05) is 0 Å². The highest BCUT2D eigenvalue weighted by Gasteiger charge is 2.11. The summed E-state index contributed by atoms with van der Waals surface area (Å²) >= 11 is 6.20. The standard InChI is InChI=1S/C12H8ClN5O2/c13-8-3-7(9-4-10(12(19)20)17-16-9)1-2-11(8)18-6-14-5-15-18/h1-6H,(H,16,17)(H,19,20). The highest BCUT2D eigenvalue weighted by atomic mass is 35.5. The lowest BCUT2D eigenvalue weighted by Gasteiger charge is -2.05. The molecular formula is C12H8ClN5O2. The molecule has 0 radical (unpaired) electrons. The zero-order valence-corrected chi connectivity index (χ0v) is 10.7. The Morgan fingerprint density at radius 2 is 2.20 bits per heavy atom. The molecular weight excluding hydrogens is 282 g/mol. The molecule has 0 aliphatic heterocycles. The zero-order chi connectivity index (χ0) is 14.1. The molecule has 0 saturated carbocycles. The number of hydrogen-bond donors (Lipinski definition) is 2. The van der Waals surface area contributed by atoms with Crippen LogP contribution in [0.15, 0.2) is 36.9 Å². The van der Waals surface area contributed by atoms with Crippen LogP contribution in [0.5, 0.6) is 0 Å². The van der Waals surface area contributed by atoms with Gasteiger partial charge in [0.15, 0.2) is 0 Å². The second-order valence-corrected chi connectivity index (χ2v) is 4.39. The van der Waals surface area contributed by atoms with Gasteiger partial charge in [-0.05, 0) is 18.2 Å². The van der Waals surface area contributed by atoms with Crippen molar-refractivity contribution < 1.29 is 9.90 Å². The molecule has 2 aromatic heterocycles. The van der Waals surface area contributed by atoms with Gasteiger partial charge in [0.05, 0.1) is 16.4 Å². The maximum atomic E-state index is 10.8. The summed E-state index contributed by atoms with van der Waals surface area (Å²) in [4.78, 5) is 14.7. The average molecular weight is 290 g/mol. The predicted molar refractivity (Wildman–Crippen MR) is 70.9 cm³/mol. The lowest BCUT2D eigenvalue weighted by Crippen LogP contribution is -1.95. The number of aromatic amines is 1. The Balaban J connectivity index is 1.99. The van der Waals surface area contributed by atoms with Gasteiger partial charge in [-0.15, -0.1) is 0 Å². The Hall–Kier alpha value is -2.67. The number of carboxylic acids is 1. The molecule has 20 heavy (non-hydrogen) atoms. The van der Waals surface area contributed by atoms with Crippen molar-refractivity contribution in [3.63, 3.8) is 0 Å². The Morgan fingerprint density at radius 3 is 2.80 bits per heavy atom. The van der Waals surface area contributed by atoms with Crippen LogP contribution in [0, 0.1) is 0 Å². The number of halogens is 1. The number of benzene rings is 1. The molecule has 0 saturated heterocycles. The number of aromatic carboxylic acids is 1. The first-order valence-electron chi connectivity index (χ1n) is 5.59. The summed E-state index contributed by atoms with van der Waals surface area (Å²) in [5.74, 6) is -1.06. The van der Waals surface area contributed by atoms with Crippen LogP contribution in [0.3, 0.4) is 0 Å². The monoisotopic (exact) mass is 289 g/mol. The van der Waals surface area contributed by atoms with E-state index >= 15 is 0 Å². The van der Waals surface area contributed by atoms with Crippen molar-refractivity contribution in [1.29, 1.82) is 0 Å². The average Bonchev–Trinajstić information content (AvgIpc) is 3.10. The van der Waals surface area contributed by atoms with Crippen molar-refractivity contribution in [1.82, 2.24) is 25.0 Å². The summed E-state index contributed by atoms with van der Waals surface area (Å²) in [6.07, 6.45) is 2.95. The fraction of sp³-hybridized carbons (Fsp3) is 0. The second kappa shape index (κ2) is 4.78. The third-order valence-electron chi connectivity index (χ3n) is 2.72. The minimum absolute atomic E-state index is 0.0245. The third kappa shape index (κ3) is 2.14. The Morgan fingerprint density at radius 1 is 1.35 bits per heavy atom. The van der Waals surface area contributed by atoms with E-state index in [-0.39, 0.29) is 5.69 Å². The van der Waals surface area contributed by atoms with Gasteiger partial charge in [-0.2, -0.15) is 10.2 Å². The van der Waals surface area contributed by atoms with Gasteiger partial charge >= 0.3 is 5.97 Å². The van der Waals surface area contributed by atoms with E-state index in [1.54, 1.807) is 22.9 Å². The molecule has 7 nitrogen and oxygen atoms in total. The molecule has 0 amide bonds. The summed E-state index contributed by atoms with van der Waals surface area (Å²) in [5.41, 5.74) is 1.93. The second-order valence-electron chi connectivity index (χ2n) is 3.98. The van der Waals surface area contributed by atoms with Crippen molar-refractivity contribution in [2.45, 2.75) is 0 Å². The topological polar surface area (TPSA) is 96.7 Å². The fourth-order valence-corrected chi connectivity index (χ4v) is 2.03. The smallest absolute Gasteiger partial charge is 0.353 e. The van der Waals surface area contributed by atoms with Gasteiger partial charge in [0.1, 0.15) is 18.3 Å². The number of nitrogens with zero attached hydrogens (tertiary/aromatic N) is 4. The number of hydrogen-bond acceptors (Lipinski definition) is 4. The van der Waals surface area contributed by atoms with Crippen molar-refractivity contribution >= 4 is 17.6 Å². The maximum Gasteiger partial charge on any atom is 0.353 e. The van der Waals surface area contributed by atoms with Crippen LogP contribution in [-0.2, 0) is 0 Å². The van der Waals surface area contributed by atoms with E-state index in [0.29, 0.717) is 22.0 Å². The lowest BCUT2D eigenvalue weighted by atomic mass is 10.1. The molecule has 100 valence electrons. The summed E-state index contributed by atoms with van der Waals surface area (Å²) in [7, 11) is 0. The van der Waals surface area contributed by atoms with Gasteiger partial charge < -0.3 is 5.11 Å². The molecule has 0 bridgehead atoms. The van der Waals surface area contributed by atoms with Gasteiger partial charge in [0.2, 0.25) is 0 Å². The van der Waals surface area contributed by atoms with Gasteiger partial charge in [-0.3, -0.25) is 5.10 Å². The van der Waals surface area contributed by atoms with E-state index in [9.17, 15) is 4.79 Å². The van der Waals surface area contributed by atoms with Crippen LogP contribution >= 0.6 is 11.6 Å². The first-order chi connectivity index (χ1) is 9.65. The molecule has 3 rings (SSSR count). The minimum Gasteiger partial charge on any atom is -0.477 e. The first kappa shape index (κ1) is 12.4. The Labute approximate surface area is 117 Å². The number of carbonyl (C=O) groups is 1. The van der Waals surface area contributed by atoms with Crippen molar-refractivity contribution in [3.8, 4) is 16.9 Å². The zero-order valence-electron chi connectivity index (χ0n) is 9.99. The van der Waals surface area contributed by atoms with E-state index in [2.05, 4.69) is 20.3 Å². The molecule has 1 aromatic carbocycles. The fourth-order valence-electron chi connectivity index (χ4n) is 1.76. The van der Waals surface area contributed by atoms with Crippen LogP contribution < -0.4 is 0 Å². The van der Waals surface area contributed by atoms with Crippen molar-refractivity contribution in [2.75, 3.05) is 0 Å². The first-order valence-corrected chi connectivity index (χ1v) is 5.96. The summed E-state index contributed by atoms with van der Waals surface area (Å²) in [6.45, 7) is 0. The highest BCUT2D eigenvalue weighted by Crippen LogP contribution is 2.26. The summed E-state index contributed by atoms with van der Waals surface area (Å²) in [5, 5.41) is 19.7. The molecule has 0 atom stereocenters. The van der Waals surface area contributed by atoms with Crippen LogP contribution in [0.4, 0.5) is 0 Å². The molecule has 0 unspecified atom stereocenters. The van der Waals surface area contributed by atoms with E-state index in [0.717, 1.165) is 0 Å². The number of carboxylic acid groups (broad SMARTS) is 1. The maximum absolute atomic E-state index is 10.8. The molecule has 3 aromatic rings. The number of rotatable bonds is 3. The summed E-state index contributed by atoms with van der Waals surface area (Å²) in [6, 6.07) is 6.69. The van der Waals surface area contributed by atoms with Gasteiger partial charge in [-0.25, -0.2) is 14.5 Å². The SMILES string of the molecule is O=C(O)c1cc(-c2ccc(-n3cncn3)c(Cl)c2)n[nH]1. The highest BCUT2D eigenvalue weighted by molar-refractivity contribution is 6.32. The third-order valence-corrected chi connectivity index (χ3v) is 3.02. The Bertz CT molecular complexity index is 766. The van der Waals surface area contributed by atoms with Crippen LogP contribution in [-0.4, -0.2) is 36.0 Å². The van der Waals surface area contributed by atoms with Crippen molar-refractivity contribution in [3.05, 3.63) is 47.6 Å². The quantitative estimate of drug-likeness (QED) is 0.769. The lowest BCUT2D eigenvalue weighted by molar-refractivity contribution is 0.0690. The molecule has 0 aliphatic rings. The number of nitrogens with one attached hydrogen (secondary N) is 1. The molecule has 2 heterocycles.